The number of aromatic nitrogens is 2. The van der Waals surface area contributed by atoms with E-state index in [9.17, 15) is 8.42 Å². The molecule has 1 aromatic carbocycles. The summed E-state index contributed by atoms with van der Waals surface area (Å²) in [6, 6.07) is 4.94. The maximum atomic E-state index is 12.9. The van der Waals surface area contributed by atoms with Gasteiger partial charge in [-0.15, -0.1) is 0 Å². The number of hydrogen-bond acceptors (Lipinski definition) is 3. The van der Waals surface area contributed by atoms with Crippen LogP contribution in [0.5, 0.6) is 0 Å². The van der Waals surface area contributed by atoms with Crippen molar-refractivity contribution >= 4 is 33.2 Å². The minimum absolute atomic E-state index is 0.136. The van der Waals surface area contributed by atoms with Crippen molar-refractivity contribution in [1.82, 2.24) is 14.1 Å². The third kappa shape index (κ3) is 3.61. The van der Waals surface area contributed by atoms with Gasteiger partial charge in [0.15, 0.2) is 0 Å². The Morgan fingerprint density at radius 1 is 1.21 bits per heavy atom. The van der Waals surface area contributed by atoms with E-state index >= 15 is 0 Å². The van der Waals surface area contributed by atoms with Crippen molar-refractivity contribution in [2.45, 2.75) is 31.2 Å². The van der Waals surface area contributed by atoms with Crippen molar-refractivity contribution in [3.05, 3.63) is 46.2 Å². The summed E-state index contributed by atoms with van der Waals surface area (Å²) >= 11 is 12.1. The standard InChI is InChI=1S/C16H19Cl2N3O2S/c1-12-9-16(15(18)10-14(12)17)24(22,23)21-7-3-13(4-8-21)11-20-6-2-5-19-20/h2,5-6,9-10,13H,3-4,7-8,11H2,1H3. The summed E-state index contributed by atoms with van der Waals surface area (Å²) in [6.45, 7) is 3.58. The third-order valence-electron chi connectivity index (χ3n) is 4.41. The molecule has 1 aliphatic heterocycles. The number of hydrogen-bond donors (Lipinski definition) is 0. The van der Waals surface area contributed by atoms with Gasteiger partial charge in [0.1, 0.15) is 4.90 Å². The molecule has 2 aromatic rings. The number of piperidine rings is 1. The van der Waals surface area contributed by atoms with Crippen LogP contribution >= 0.6 is 23.2 Å². The van der Waals surface area contributed by atoms with E-state index in [-0.39, 0.29) is 9.92 Å². The van der Waals surface area contributed by atoms with Gasteiger partial charge in [-0.25, -0.2) is 8.42 Å². The highest BCUT2D eigenvalue weighted by Crippen LogP contribution is 2.32. The Bertz CT molecular complexity index is 814. The summed E-state index contributed by atoms with van der Waals surface area (Å²) in [5, 5.41) is 4.85. The first kappa shape index (κ1) is 17.7. The zero-order chi connectivity index (χ0) is 17.3. The first-order valence-corrected chi connectivity index (χ1v) is 10.0. The van der Waals surface area contributed by atoms with Crippen LogP contribution in [0.4, 0.5) is 0 Å². The molecular formula is C16H19Cl2N3O2S. The molecule has 1 saturated heterocycles. The van der Waals surface area contributed by atoms with Crippen molar-refractivity contribution in [3.8, 4) is 0 Å². The molecule has 1 aliphatic rings. The van der Waals surface area contributed by atoms with Crippen molar-refractivity contribution in [3.63, 3.8) is 0 Å². The molecule has 0 amide bonds. The molecule has 0 unspecified atom stereocenters. The SMILES string of the molecule is Cc1cc(S(=O)(=O)N2CCC(Cn3cccn3)CC2)c(Cl)cc1Cl. The van der Waals surface area contributed by atoms with Crippen LogP contribution in [-0.4, -0.2) is 35.6 Å². The summed E-state index contributed by atoms with van der Waals surface area (Å²) in [4.78, 5) is 0.136. The number of aryl methyl sites for hydroxylation is 1. The highest BCUT2D eigenvalue weighted by molar-refractivity contribution is 7.89. The Kier molecular flexibility index (Phi) is 5.20. The molecule has 0 saturated carbocycles. The number of nitrogens with zero attached hydrogens (tertiary/aromatic N) is 3. The normalized spacial score (nSPS) is 17.3. The van der Waals surface area contributed by atoms with Gasteiger partial charge in [0.05, 0.1) is 5.02 Å². The topological polar surface area (TPSA) is 55.2 Å². The van der Waals surface area contributed by atoms with Crippen LogP contribution in [0.15, 0.2) is 35.5 Å². The minimum Gasteiger partial charge on any atom is -0.272 e. The largest absolute Gasteiger partial charge is 0.272 e. The first-order valence-electron chi connectivity index (χ1n) is 7.81. The van der Waals surface area contributed by atoms with E-state index < -0.39 is 10.0 Å². The molecule has 5 nitrogen and oxygen atoms in total. The number of halogens is 2. The molecule has 1 aromatic heterocycles. The first-order chi connectivity index (χ1) is 11.4. The summed E-state index contributed by atoms with van der Waals surface area (Å²) in [5.41, 5.74) is 0.702. The van der Waals surface area contributed by atoms with Crippen LogP contribution < -0.4 is 0 Å². The number of benzene rings is 1. The summed E-state index contributed by atoms with van der Waals surface area (Å²) < 4.78 is 29.2. The summed E-state index contributed by atoms with van der Waals surface area (Å²) in [5.74, 6) is 0.429. The molecule has 130 valence electrons. The van der Waals surface area contributed by atoms with Gasteiger partial charge in [-0.3, -0.25) is 4.68 Å². The lowest BCUT2D eigenvalue weighted by Gasteiger charge is -2.31. The quantitative estimate of drug-likeness (QED) is 0.804. The second-order valence-corrected chi connectivity index (χ2v) is 8.83. The van der Waals surface area contributed by atoms with Gasteiger partial charge in [0.2, 0.25) is 10.0 Å². The molecule has 0 bridgehead atoms. The smallest absolute Gasteiger partial charge is 0.244 e. The predicted molar refractivity (Wildman–Crippen MR) is 94.9 cm³/mol. The molecule has 0 aliphatic carbocycles. The molecule has 2 heterocycles. The summed E-state index contributed by atoms with van der Waals surface area (Å²) in [7, 11) is -3.60. The molecular weight excluding hydrogens is 369 g/mol. The number of sulfonamides is 1. The minimum atomic E-state index is -3.60. The molecule has 24 heavy (non-hydrogen) atoms. The maximum Gasteiger partial charge on any atom is 0.244 e. The highest BCUT2D eigenvalue weighted by atomic mass is 35.5. The third-order valence-corrected chi connectivity index (χ3v) is 7.18. The van der Waals surface area contributed by atoms with Crippen molar-refractivity contribution < 1.29 is 8.42 Å². The Hall–Kier alpha value is -1.08. The van der Waals surface area contributed by atoms with E-state index in [1.165, 1.54) is 10.4 Å². The van der Waals surface area contributed by atoms with Crippen LogP contribution in [-0.2, 0) is 16.6 Å². The fourth-order valence-corrected chi connectivity index (χ4v) is 5.25. The second kappa shape index (κ2) is 7.04. The molecule has 0 atom stereocenters. The van der Waals surface area contributed by atoms with E-state index in [4.69, 9.17) is 23.2 Å². The van der Waals surface area contributed by atoms with Crippen LogP contribution in [0.2, 0.25) is 10.0 Å². The summed E-state index contributed by atoms with van der Waals surface area (Å²) in [6.07, 6.45) is 5.30. The zero-order valence-electron chi connectivity index (χ0n) is 13.3. The van der Waals surface area contributed by atoms with Crippen LogP contribution in [0.1, 0.15) is 18.4 Å². The Balaban J connectivity index is 1.72. The Morgan fingerprint density at radius 2 is 1.92 bits per heavy atom. The van der Waals surface area contributed by atoms with Gasteiger partial charge >= 0.3 is 0 Å². The average Bonchev–Trinajstić information content (AvgIpc) is 3.04. The number of rotatable bonds is 4. The fraction of sp³-hybridized carbons (Fsp3) is 0.438. The fourth-order valence-electron chi connectivity index (χ4n) is 2.97. The van der Waals surface area contributed by atoms with Gasteiger partial charge in [0, 0.05) is 37.1 Å². The van der Waals surface area contributed by atoms with Gasteiger partial charge in [-0.05, 0) is 49.4 Å². The zero-order valence-corrected chi connectivity index (χ0v) is 15.7. The van der Waals surface area contributed by atoms with E-state index in [0.29, 0.717) is 29.6 Å². The molecule has 0 spiro atoms. The van der Waals surface area contributed by atoms with E-state index in [1.807, 2.05) is 16.9 Å². The average molecular weight is 388 g/mol. The van der Waals surface area contributed by atoms with E-state index in [0.717, 1.165) is 19.4 Å². The van der Waals surface area contributed by atoms with Gasteiger partial charge in [-0.1, -0.05) is 23.2 Å². The van der Waals surface area contributed by atoms with Crippen LogP contribution in [0.25, 0.3) is 0 Å². The predicted octanol–water partition coefficient (Wildman–Crippen LogP) is 3.60. The Morgan fingerprint density at radius 3 is 2.54 bits per heavy atom. The van der Waals surface area contributed by atoms with E-state index in [2.05, 4.69) is 5.10 Å². The van der Waals surface area contributed by atoms with Crippen LogP contribution in [0.3, 0.4) is 0 Å². The molecule has 0 radical (unpaired) electrons. The lowest BCUT2D eigenvalue weighted by Crippen LogP contribution is -2.39. The Labute approximate surface area is 152 Å². The second-order valence-electron chi connectivity index (χ2n) is 6.11. The van der Waals surface area contributed by atoms with E-state index in [1.54, 1.807) is 19.2 Å². The maximum absolute atomic E-state index is 12.9. The highest BCUT2D eigenvalue weighted by Gasteiger charge is 2.31. The lowest BCUT2D eigenvalue weighted by molar-refractivity contribution is 0.247. The van der Waals surface area contributed by atoms with Crippen LogP contribution in [0, 0.1) is 12.8 Å². The lowest BCUT2D eigenvalue weighted by atomic mass is 9.98. The van der Waals surface area contributed by atoms with Crippen molar-refractivity contribution in [1.29, 1.82) is 0 Å². The molecule has 1 fully saturated rings. The monoisotopic (exact) mass is 387 g/mol. The molecule has 3 rings (SSSR count). The molecule has 0 N–H and O–H groups in total. The van der Waals surface area contributed by atoms with Crippen molar-refractivity contribution in [2.24, 2.45) is 5.92 Å². The molecule has 8 heteroatoms. The van der Waals surface area contributed by atoms with Gasteiger partial charge in [0.25, 0.3) is 0 Å². The van der Waals surface area contributed by atoms with Gasteiger partial charge in [-0.2, -0.15) is 9.40 Å². The van der Waals surface area contributed by atoms with Gasteiger partial charge < -0.3 is 0 Å². The van der Waals surface area contributed by atoms with Crippen molar-refractivity contribution in [2.75, 3.05) is 13.1 Å².